The summed E-state index contributed by atoms with van der Waals surface area (Å²) in [7, 11) is 0. The second-order valence-corrected chi connectivity index (χ2v) is 6.30. The number of halogens is 1. The van der Waals surface area contributed by atoms with Gasteiger partial charge in [-0.05, 0) is 30.9 Å². The molecule has 0 aliphatic carbocycles. The molecule has 1 amide bonds. The van der Waals surface area contributed by atoms with Gasteiger partial charge in [-0.1, -0.05) is 29.8 Å². The number of carbonyl (C=O) groups excluding carboxylic acids is 1. The van der Waals surface area contributed by atoms with Crippen LogP contribution in [-0.2, 0) is 6.42 Å². The zero-order chi connectivity index (χ0) is 15.8. The van der Waals surface area contributed by atoms with Gasteiger partial charge in [0.15, 0.2) is 5.69 Å². The van der Waals surface area contributed by atoms with Crippen LogP contribution in [0.15, 0.2) is 30.5 Å². The maximum absolute atomic E-state index is 12.9. The first-order chi connectivity index (χ1) is 11.2. The van der Waals surface area contributed by atoms with E-state index in [0.717, 1.165) is 38.0 Å². The van der Waals surface area contributed by atoms with Gasteiger partial charge < -0.3 is 9.80 Å². The van der Waals surface area contributed by atoms with Crippen LogP contribution < -0.4 is 9.80 Å². The van der Waals surface area contributed by atoms with Crippen LogP contribution in [0.25, 0.3) is 0 Å². The van der Waals surface area contributed by atoms with Gasteiger partial charge in [0.25, 0.3) is 5.91 Å². The molecule has 0 radical (unpaired) electrons. The maximum atomic E-state index is 12.9. The van der Waals surface area contributed by atoms with E-state index in [2.05, 4.69) is 20.9 Å². The van der Waals surface area contributed by atoms with E-state index >= 15 is 0 Å². The molecule has 3 heterocycles. The van der Waals surface area contributed by atoms with E-state index in [9.17, 15) is 4.79 Å². The smallest absolute Gasteiger partial charge is 0.278 e. The third kappa shape index (κ3) is 2.55. The molecule has 0 unspecified atom stereocenters. The fraction of sp³-hybridized carbons (Fsp3) is 0.353. The van der Waals surface area contributed by atoms with Gasteiger partial charge in [-0.2, -0.15) is 0 Å². The van der Waals surface area contributed by atoms with Crippen LogP contribution in [0.1, 0.15) is 28.9 Å². The van der Waals surface area contributed by atoms with Crippen molar-refractivity contribution >= 4 is 29.1 Å². The molecule has 6 heteroatoms. The second kappa shape index (κ2) is 5.81. The lowest BCUT2D eigenvalue weighted by atomic mass is 10.2. The standard InChI is InChI=1S/C17H17ClN4O/c18-13-11-19-17(21-8-3-4-9-21)20-15(13)16(23)22-10-7-12-5-1-2-6-14(12)22/h1-2,5-6,11H,3-4,7-10H2. The van der Waals surface area contributed by atoms with Gasteiger partial charge in [-0.3, -0.25) is 4.79 Å². The number of nitrogens with zero attached hydrogens (tertiary/aromatic N) is 4. The maximum Gasteiger partial charge on any atom is 0.278 e. The first-order valence-corrected chi connectivity index (χ1v) is 8.29. The number of benzene rings is 1. The summed E-state index contributed by atoms with van der Waals surface area (Å²) in [6, 6.07) is 7.97. The predicted octanol–water partition coefficient (Wildman–Crippen LogP) is 2.93. The molecular weight excluding hydrogens is 312 g/mol. The van der Waals surface area contributed by atoms with E-state index in [0.29, 0.717) is 23.2 Å². The molecule has 2 aliphatic rings. The summed E-state index contributed by atoms with van der Waals surface area (Å²) in [6.07, 6.45) is 4.67. The monoisotopic (exact) mass is 328 g/mol. The van der Waals surface area contributed by atoms with Gasteiger partial charge in [-0.25, -0.2) is 9.97 Å². The largest absolute Gasteiger partial charge is 0.341 e. The summed E-state index contributed by atoms with van der Waals surface area (Å²) < 4.78 is 0. The summed E-state index contributed by atoms with van der Waals surface area (Å²) in [6.45, 7) is 2.53. The number of para-hydroxylation sites is 1. The fourth-order valence-electron chi connectivity index (χ4n) is 3.25. The van der Waals surface area contributed by atoms with Crippen LogP contribution in [0.2, 0.25) is 5.02 Å². The van der Waals surface area contributed by atoms with Crippen molar-refractivity contribution in [3.05, 3.63) is 46.7 Å². The summed E-state index contributed by atoms with van der Waals surface area (Å²) in [5.41, 5.74) is 2.43. The molecule has 118 valence electrons. The molecule has 0 atom stereocenters. The minimum Gasteiger partial charge on any atom is -0.341 e. The third-order valence-corrected chi connectivity index (χ3v) is 4.73. The molecule has 4 rings (SSSR count). The molecule has 2 aliphatic heterocycles. The summed E-state index contributed by atoms with van der Waals surface area (Å²) in [5, 5.41) is 0.308. The van der Waals surface area contributed by atoms with Gasteiger partial charge in [0.05, 0.1) is 11.2 Å². The number of hydrogen-bond donors (Lipinski definition) is 0. The van der Waals surface area contributed by atoms with Crippen molar-refractivity contribution in [1.29, 1.82) is 0 Å². The van der Waals surface area contributed by atoms with Crippen molar-refractivity contribution in [2.75, 3.05) is 29.4 Å². The Labute approximate surface area is 139 Å². The molecule has 5 nitrogen and oxygen atoms in total. The Balaban J connectivity index is 1.67. The molecule has 0 N–H and O–H groups in total. The van der Waals surface area contributed by atoms with E-state index in [4.69, 9.17) is 11.6 Å². The number of rotatable bonds is 2. The summed E-state index contributed by atoms with van der Waals surface area (Å²) >= 11 is 6.21. The zero-order valence-electron chi connectivity index (χ0n) is 12.7. The minimum absolute atomic E-state index is 0.150. The van der Waals surface area contributed by atoms with Gasteiger partial charge in [0, 0.05) is 25.3 Å². The van der Waals surface area contributed by atoms with Crippen LogP contribution >= 0.6 is 11.6 Å². The molecule has 1 aromatic carbocycles. The molecule has 1 fully saturated rings. The lowest BCUT2D eigenvalue weighted by Crippen LogP contribution is -2.31. The Bertz CT molecular complexity index is 758. The highest BCUT2D eigenvalue weighted by Crippen LogP contribution is 2.30. The Morgan fingerprint density at radius 2 is 1.91 bits per heavy atom. The van der Waals surface area contributed by atoms with Crippen molar-refractivity contribution in [1.82, 2.24) is 9.97 Å². The normalized spacial score (nSPS) is 16.7. The van der Waals surface area contributed by atoms with E-state index in [1.54, 1.807) is 4.90 Å². The van der Waals surface area contributed by atoms with Crippen LogP contribution in [0.3, 0.4) is 0 Å². The van der Waals surface area contributed by atoms with Crippen LogP contribution in [0.4, 0.5) is 11.6 Å². The van der Waals surface area contributed by atoms with Crippen molar-refractivity contribution < 1.29 is 4.79 Å². The van der Waals surface area contributed by atoms with Gasteiger partial charge >= 0.3 is 0 Å². The Kier molecular flexibility index (Phi) is 3.65. The average molecular weight is 329 g/mol. The predicted molar refractivity (Wildman–Crippen MR) is 90.3 cm³/mol. The fourth-order valence-corrected chi connectivity index (χ4v) is 3.43. The average Bonchev–Trinajstić information content (AvgIpc) is 3.24. The first kappa shape index (κ1) is 14.5. The minimum atomic E-state index is -0.150. The van der Waals surface area contributed by atoms with E-state index in [1.807, 2.05) is 18.2 Å². The number of carbonyl (C=O) groups is 1. The Morgan fingerprint density at radius 1 is 1.13 bits per heavy atom. The topological polar surface area (TPSA) is 49.3 Å². The van der Waals surface area contributed by atoms with Crippen LogP contribution in [0.5, 0.6) is 0 Å². The number of fused-ring (bicyclic) bond motifs is 1. The Hall–Kier alpha value is -2.14. The van der Waals surface area contributed by atoms with E-state index in [1.165, 1.54) is 11.8 Å². The number of hydrogen-bond acceptors (Lipinski definition) is 4. The highest BCUT2D eigenvalue weighted by Gasteiger charge is 2.28. The van der Waals surface area contributed by atoms with Crippen LogP contribution in [0, 0.1) is 0 Å². The molecule has 0 saturated carbocycles. The number of anilines is 2. The Morgan fingerprint density at radius 3 is 2.74 bits per heavy atom. The SMILES string of the molecule is O=C(c1nc(N2CCCC2)ncc1Cl)N1CCc2ccccc21. The lowest BCUT2D eigenvalue weighted by molar-refractivity contribution is 0.0984. The summed E-state index contributed by atoms with van der Waals surface area (Å²) in [4.78, 5) is 25.5. The zero-order valence-corrected chi connectivity index (χ0v) is 13.5. The highest BCUT2D eigenvalue weighted by atomic mass is 35.5. The third-order valence-electron chi connectivity index (χ3n) is 4.46. The second-order valence-electron chi connectivity index (χ2n) is 5.90. The number of amides is 1. The molecular formula is C17H17ClN4O. The molecule has 1 aromatic heterocycles. The van der Waals surface area contributed by atoms with Crippen molar-refractivity contribution in [2.24, 2.45) is 0 Å². The van der Waals surface area contributed by atoms with Gasteiger partial charge in [0.2, 0.25) is 5.95 Å². The van der Waals surface area contributed by atoms with Gasteiger partial charge in [0.1, 0.15) is 0 Å². The molecule has 1 saturated heterocycles. The van der Waals surface area contributed by atoms with Crippen molar-refractivity contribution in [3.63, 3.8) is 0 Å². The lowest BCUT2D eigenvalue weighted by Gasteiger charge is -2.19. The van der Waals surface area contributed by atoms with Crippen molar-refractivity contribution in [2.45, 2.75) is 19.3 Å². The molecule has 2 aromatic rings. The number of aromatic nitrogens is 2. The highest BCUT2D eigenvalue weighted by molar-refractivity contribution is 6.34. The first-order valence-electron chi connectivity index (χ1n) is 7.91. The van der Waals surface area contributed by atoms with E-state index < -0.39 is 0 Å². The molecule has 0 spiro atoms. The van der Waals surface area contributed by atoms with E-state index in [-0.39, 0.29) is 5.91 Å². The molecule has 0 bridgehead atoms. The quantitative estimate of drug-likeness (QED) is 0.850. The van der Waals surface area contributed by atoms with Crippen molar-refractivity contribution in [3.8, 4) is 0 Å². The van der Waals surface area contributed by atoms with Gasteiger partial charge in [-0.15, -0.1) is 0 Å². The van der Waals surface area contributed by atoms with Crippen LogP contribution in [-0.4, -0.2) is 35.5 Å². The molecule has 23 heavy (non-hydrogen) atoms. The summed E-state index contributed by atoms with van der Waals surface area (Å²) in [5.74, 6) is 0.450.